The van der Waals surface area contributed by atoms with Crippen LogP contribution in [-0.4, -0.2) is 29.9 Å². The molecule has 0 unspecified atom stereocenters. The predicted octanol–water partition coefficient (Wildman–Crippen LogP) is 0.592. The first-order chi connectivity index (χ1) is 5.69. The van der Waals surface area contributed by atoms with Gasteiger partial charge in [-0.1, -0.05) is 0 Å². The molecule has 70 valence electrons. The third-order valence-electron chi connectivity index (χ3n) is 2.60. The maximum atomic E-state index is 11.6. The molecule has 0 bridgehead atoms. The fourth-order valence-electron chi connectivity index (χ4n) is 1.66. The smallest absolute Gasteiger partial charge is 0.225 e. The molecular formula is C9H18N2O. The van der Waals surface area contributed by atoms with Crippen molar-refractivity contribution in [2.24, 2.45) is 11.7 Å². The van der Waals surface area contributed by atoms with Gasteiger partial charge in [0.05, 0.1) is 0 Å². The van der Waals surface area contributed by atoms with Crippen molar-refractivity contribution < 1.29 is 4.79 Å². The third kappa shape index (κ3) is 1.78. The average molecular weight is 170 g/mol. The van der Waals surface area contributed by atoms with Gasteiger partial charge < -0.3 is 10.6 Å². The Hall–Kier alpha value is -0.570. The second kappa shape index (κ2) is 3.90. The average Bonchev–Trinajstić information content (AvgIpc) is 2.01. The van der Waals surface area contributed by atoms with Gasteiger partial charge in [-0.05, 0) is 26.7 Å². The molecule has 0 radical (unpaired) electrons. The fourth-order valence-corrected chi connectivity index (χ4v) is 1.66. The molecule has 0 heterocycles. The molecule has 0 atom stereocenters. The second-order valence-electron chi connectivity index (χ2n) is 3.44. The second-order valence-corrected chi connectivity index (χ2v) is 3.44. The molecule has 0 saturated heterocycles. The molecule has 12 heavy (non-hydrogen) atoms. The standard InChI is InChI=1S/C9H18N2O/c1-3-11(4-2)9(12)7-5-8(10)6-7/h7-8H,3-6,10H2,1-2H3. The van der Waals surface area contributed by atoms with Crippen molar-refractivity contribution >= 4 is 5.91 Å². The molecule has 3 heteroatoms. The van der Waals surface area contributed by atoms with E-state index in [-0.39, 0.29) is 12.0 Å². The van der Waals surface area contributed by atoms with Crippen LogP contribution < -0.4 is 5.73 Å². The Bertz CT molecular complexity index is 160. The molecule has 1 aliphatic carbocycles. The topological polar surface area (TPSA) is 46.3 Å². The highest BCUT2D eigenvalue weighted by atomic mass is 16.2. The van der Waals surface area contributed by atoms with Gasteiger partial charge in [0.15, 0.2) is 0 Å². The summed E-state index contributed by atoms with van der Waals surface area (Å²) in [6, 6.07) is 0.273. The molecule has 1 aliphatic rings. The van der Waals surface area contributed by atoms with Crippen LogP contribution in [0.3, 0.4) is 0 Å². The molecule has 0 aromatic carbocycles. The lowest BCUT2D eigenvalue weighted by Gasteiger charge is -2.34. The summed E-state index contributed by atoms with van der Waals surface area (Å²) in [7, 11) is 0. The minimum absolute atomic E-state index is 0.222. The molecule has 0 spiro atoms. The lowest BCUT2D eigenvalue weighted by molar-refractivity contribution is -0.138. The molecule has 1 fully saturated rings. The molecule has 1 saturated carbocycles. The van der Waals surface area contributed by atoms with Gasteiger partial charge in [-0.25, -0.2) is 0 Å². The van der Waals surface area contributed by atoms with Crippen LogP contribution in [0.1, 0.15) is 26.7 Å². The van der Waals surface area contributed by atoms with Crippen LogP contribution in [0.2, 0.25) is 0 Å². The summed E-state index contributed by atoms with van der Waals surface area (Å²) in [5, 5.41) is 0. The van der Waals surface area contributed by atoms with Crippen LogP contribution in [0.4, 0.5) is 0 Å². The predicted molar refractivity (Wildman–Crippen MR) is 48.6 cm³/mol. The number of amides is 1. The van der Waals surface area contributed by atoms with Crippen molar-refractivity contribution in [3.8, 4) is 0 Å². The first kappa shape index (κ1) is 9.52. The largest absolute Gasteiger partial charge is 0.343 e. The Balaban J connectivity index is 2.36. The summed E-state index contributed by atoms with van der Waals surface area (Å²) in [5.41, 5.74) is 5.62. The van der Waals surface area contributed by atoms with Crippen molar-refractivity contribution in [1.82, 2.24) is 4.90 Å². The van der Waals surface area contributed by atoms with E-state index in [1.54, 1.807) is 0 Å². The van der Waals surface area contributed by atoms with Crippen LogP contribution in [-0.2, 0) is 4.79 Å². The number of carbonyl (C=O) groups excluding carboxylic acids is 1. The maximum absolute atomic E-state index is 11.6. The molecule has 3 nitrogen and oxygen atoms in total. The van der Waals surface area contributed by atoms with Crippen molar-refractivity contribution in [1.29, 1.82) is 0 Å². The normalized spacial score (nSPS) is 27.9. The molecule has 2 N–H and O–H groups in total. The Labute approximate surface area is 73.9 Å². The molecular weight excluding hydrogens is 152 g/mol. The van der Waals surface area contributed by atoms with Gasteiger partial charge in [-0.2, -0.15) is 0 Å². The van der Waals surface area contributed by atoms with E-state index in [1.807, 2.05) is 18.7 Å². The van der Waals surface area contributed by atoms with Crippen molar-refractivity contribution in [3.05, 3.63) is 0 Å². The van der Waals surface area contributed by atoms with E-state index in [1.165, 1.54) is 0 Å². The summed E-state index contributed by atoms with van der Waals surface area (Å²) in [4.78, 5) is 13.5. The van der Waals surface area contributed by atoms with Gasteiger partial charge in [0.2, 0.25) is 5.91 Å². The van der Waals surface area contributed by atoms with Crippen LogP contribution in [0.25, 0.3) is 0 Å². The maximum Gasteiger partial charge on any atom is 0.225 e. The van der Waals surface area contributed by atoms with Gasteiger partial charge in [0.25, 0.3) is 0 Å². The lowest BCUT2D eigenvalue weighted by Crippen LogP contribution is -2.46. The molecule has 0 aromatic heterocycles. The quantitative estimate of drug-likeness (QED) is 0.674. The number of carbonyl (C=O) groups is 1. The summed E-state index contributed by atoms with van der Waals surface area (Å²) in [6.45, 7) is 5.67. The monoisotopic (exact) mass is 170 g/mol. The van der Waals surface area contributed by atoms with Gasteiger partial charge in [0, 0.05) is 25.0 Å². The van der Waals surface area contributed by atoms with E-state index >= 15 is 0 Å². The number of nitrogens with zero attached hydrogens (tertiary/aromatic N) is 1. The van der Waals surface area contributed by atoms with Gasteiger partial charge in [0.1, 0.15) is 0 Å². The van der Waals surface area contributed by atoms with E-state index in [2.05, 4.69) is 0 Å². The molecule has 1 amide bonds. The Morgan fingerprint density at radius 3 is 2.25 bits per heavy atom. The van der Waals surface area contributed by atoms with Crippen LogP contribution in [0.15, 0.2) is 0 Å². The number of nitrogens with two attached hydrogens (primary N) is 1. The first-order valence-corrected chi connectivity index (χ1v) is 4.73. The zero-order chi connectivity index (χ0) is 9.14. The summed E-state index contributed by atoms with van der Waals surface area (Å²) >= 11 is 0. The van der Waals surface area contributed by atoms with Crippen LogP contribution >= 0.6 is 0 Å². The van der Waals surface area contributed by atoms with E-state index in [4.69, 9.17) is 5.73 Å². The van der Waals surface area contributed by atoms with E-state index in [9.17, 15) is 4.79 Å². The Morgan fingerprint density at radius 2 is 1.92 bits per heavy atom. The molecule has 1 rings (SSSR count). The zero-order valence-electron chi connectivity index (χ0n) is 7.92. The number of hydrogen-bond acceptors (Lipinski definition) is 2. The zero-order valence-corrected chi connectivity index (χ0v) is 7.92. The van der Waals surface area contributed by atoms with Crippen LogP contribution in [0, 0.1) is 5.92 Å². The Morgan fingerprint density at radius 1 is 1.42 bits per heavy atom. The van der Waals surface area contributed by atoms with Crippen LogP contribution in [0.5, 0.6) is 0 Å². The number of hydrogen-bond donors (Lipinski definition) is 1. The van der Waals surface area contributed by atoms with Crippen molar-refractivity contribution in [2.45, 2.75) is 32.7 Å². The van der Waals surface area contributed by atoms with Gasteiger partial charge in [-0.15, -0.1) is 0 Å². The fraction of sp³-hybridized carbons (Fsp3) is 0.889. The molecule has 0 aromatic rings. The SMILES string of the molecule is CCN(CC)C(=O)C1CC(N)C1. The lowest BCUT2D eigenvalue weighted by atomic mass is 9.80. The van der Waals surface area contributed by atoms with Gasteiger partial charge in [-0.3, -0.25) is 4.79 Å². The minimum Gasteiger partial charge on any atom is -0.343 e. The highest BCUT2D eigenvalue weighted by Crippen LogP contribution is 2.27. The van der Waals surface area contributed by atoms with Gasteiger partial charge >= 0.3 is 0 Å². The Kier molecular flexibility index (Phi) is 3.09. The number of rotatable bonds is 3. The van der Waals surface area contributed by atoms with E-state index in [0.29, 0.717) is 5.91 Å². The summed E-state index contributed by atoms with van der Waals surface area (Å²) in [5.74, 6) is 0.515. The van der Waals surface area contributed by atoms with Crippen molar-refractivity contribution in [3.63, 3.8) is 0 Å². The molecule has 0 aliphatic heterocycles. The highest BCUT2D eigenvalue weighted by Gasteiger charge is 2.33. The third-order valence-corrected chi connectivity index (χ3v) is 2.60. The first-order valence-electron chi connectivity index (χ1n) is 4.73. The summed E-state index contributed by atoms with van der Waals surface area (Å²) < 4.78 is 0. The minimum atomic E-state index is 0.222. The van der Waals surface area contributed by atoms with E-state index < -0.39 is 0 Å². The highest BCUT2D eigenvalue weighted by molar-refractivity contribution is 5.79. The summed E-state index contributed by atoms with van der Waals surface area (Å²) in [6.07, 6.45) is 1.77. The van der Waals surface area contributed by atoms with Crippen molar-refractivity contribution in [2.75, 3.05) is 13.1 Å². The van der Waals surface area contributed by atoms with E-state index in [0.717, 1.165) is 25.9 Å².